The molecule has 0 aliphatic rings. The number of hydrogen-bond donors (Lipinski definition) is 1. The summed E-state index contributed by atoms with van der Waals surface area (Å²) in [6.45, 7) is 12.7. The zero-order valence-electron chi connectivity index (χ0n) is 17.9. The van der Waals surface area contributed by atoms with Crippen molar-refractivity contribution in [1.82, 2.24) is 4.57 Å². The van der Waals surface area contributed by atoms with Gasteiger partial charge in [0.25, 0.3) is 0 Å². The molecule has 0 aliphatic carbocycles. The molecule has 29 heavy (non-hydrogen) atoms. The van der Waals surface area contributed by atoms with Gasteiger partial charge in [-0.05, 0) is 73.7 Å². The van der Waals surface area contributed by atoms with Crippen LogP contribution in [-0.4, -0.2) is 21.9 Å². The summed E-state index contributed by atoms with van der Waals surface area (Å²) in [6.07, 6.45) is 1.85. The fourth-order valence-electron chi connectivity index (χ4n) is 3.50. The quantitative estimate of drug-likeness (QED) is 0.545. The van der Waals surface area contributed by atoms with Gasteiger partial charge in [-0.2, -0.15) is 0 Å². The summed E-state index contributed by atoms with van der Waals surface area (Å²) < 4.78 is 2.23. The third kappa shape index (κ3) is 4.32. The maximum Gasteiger partial charge on any atom is 0.335 e. The molecule has 0 saturated heterocycles. The second kappa shape index (κ2) is 7.70. The first-order valence-corrected chi connectivity index (χ1v) is 9.76. The minimum Gasteiger partial charge on any atom is -0.478 e. The molecule has 1 N–H and O–H groups in total. The van der Waals surface area contributed by atoms with Crippen molar-refractivity contribution in [2.24, 2.45) is 4.99 Å². The third-order valence-corrected chi connectivity index (χ3v) is 5.25. The molecule has 3 aromatic rings. The SMILES string of the molecule is Cc1cc(C(=O)O)ccc1N=Cc1cc(C)n(-c2ccc(C(C)(C)C)cc2)c1C. The van der Waals surface area contributed by atoms with Gasteiger partial charge in [-0.1, -0.05) is 32.9 Å². The Morgan fingerprint density at radius 3 is 2.21 bits per heavy atom. The highest BCUT2D eigenvalue weighted by molar-refractivity contribution is 5.89. The van der Waals surface area contributed by atoms with E-state index in [0.717, 1.165) is 33.9 Å². The van der Waals surface area contributed by atoms with Crippen LogP contribution in [0, 0.1) is 20.8 Å². The fourth-order valence-corrected chi connectivity index (χ4v) is 3.50. The van der Waals surface area contributed by atoms with Gasteiger partial charge < -0.3 is 9.67 Å². The van der Waals surface area contributed by atoms with Crippen LogP contribution in [0.2, 0.25) is 0 Å². The molecule has 4 heteroatoms. The standard InChI is InChI=1S/C25H28N2O2/c1-16-13-19(24(28)29)7-12-23(16)26-15-20-14-17(2)27(18(20)3)22-10-8-21(9-11-22)25(4,5)6/h7-15H,1-6H3,(H,28,29). The maximum absolute atomic E-state index is 11.1. The molecule has 0 aliphatic heterocycles. The van der Waals surface area contributed by atoms with E-state index in [1.54, 1.807) is 18.2 Å². The Morgan fingerprint density at radius 1 is 1.00 bits per heavy atom. The highest BCUT2D eigenvalue weighted by atomic mass is 16.4. The molecule has 0 bridgehead atoms. The van der Waals surface area contributed by atoms with Crippen molar-refractivity contribution >= 4 is 17.9 Å². The van der Waals surface area contributed by atoms with E-state index in [-0.39, 0.29) is 11.0 Å². The second-order valence-corrected chi connectivity index (χ2v) is 8.52. The van der Waals surface area contributed by atoms with Gasteiger partial charge in [0.05, 0.1) is 11.3 Å². The fraction of sp³-hybridized carbons (Fsp3) is 0.280. The van der Waals surface area contributed by atoms with E-state index < -0.39 is 5.97 Å². The number of carboxylic acids is 1. The molecule has 0 spiro atoms. The summed E-state index contributed by atoms with van der Waals surface area (Å²) in [4.78, 5) is 15.7. The number of carbonyl (C=O) groups is 1. The molecule has 0 unspecified atom stereocenters. The van der Waals surface area contributed by atoms with E-state index in [2.05, 4.69) is 74.5 Å². The van der Waals surface area contributed by atoms with E-state index in [9.17, 15) is 4.79 Å². The van der Waals surface area contributed by atoms with Crippen molar-refractivity contribution in [1.29, 1.82) is 0 Å². The number of rotatable bonds is 4. The van der Waals surface area contributed by atoms with Crippen LogP contribution in [0.25, 0.3) is 5.69 Å². The van der Waals surface area contributed by atoms with Gasteiger partial charge in [-0.3, -0.25) is 4.99 Å². The minimum absolute atomic E-state index is 0.130. The summed E-state index contributed by atoms with van der Waals surface area (Å²) in [5.74, 6) is -0.926. The number of aliphatic imine (C=N–C) groups is 1. The first-order valence-electron chi connectivity index (χ1n) is 9.76. The van der Waals surface area contributed by atoms with E-state index in [4.69, 9.17) is 5.11 Å². The number of aryl methyl sites for hydroxylation is 2. The van der Waals surface area contributed by atoms with Crippen LogP contribution in [-0.2, 0) is 5.41 Å². The number of aromatic nitrogens is 1. The summed E-state index contributed by atoms with van der Waals surface area (Å²) in [5, 5.41) is 9.11. The Hall–Kier alpha value is -3.14. The Morgan fingerprint density at radius 2 is 1.66 bits per heavy atom. The molecular weight excluding hydrogens is 360 g/mol. The van der Waals surface area contributed by atoms with Crippen molar-refractivity contribution in [2.45, 2.75) is 47.0 Å². The van der Waals surface area contributed by atoms with Crippen LogP contribution in [0.3, 0.4) is 0 Å². The highest BCUT2D eigenvalue weighted by Gasteiger charge is 2.15. The first kappa shape index (κ1) is 20.6. The molecule has 150 valence electrons. The van der Waals surface area contributed by atoms with Crippen molar-refractivity contribution in [3.63, 3.8) is 0 Å². The van der Waals surface area contributed by atoms with Gasteiger partial charge in [0.1, 0.15) is 0 Å². The van der Waals surface area contributed by atoms with Gasteiger partial charge in [0.2, 0.25) is 0 Å². The van der Waals surface area contributed by atoms with E-state index >= 15 is 0 Å². The maximum atomic E-state index is 11.1. The third-order valence-electron chi connectivity index (χ3n) is 5.25. The smallest absolute Gasteiger partial charge is 0.335 e. The monoisotopic (exact) mass is 388 g/mol. The van der Waals surface area contributed by atoms with Gasteiger partial charge in [0, 0.05) is 28.9 Å². The first-order chi connectivity index (χ1) is 13.6. The molecule has 3 rings (SSSR count). The highest BCUT2D eigenvalue weighted by Crippen LogP contribution is 2.26. The van der Waals surface area contributed by atoms with Crippen LogP contribution in [0.15, 0.2) is 53.5 Å². The molecule has 0 amide bonds. The lowest BCUT2D eigenvalue weighted by Crippen LogP contribution is -2.11. The average Bonchev–Trinajstić information content (AvgIpc) is 2.93. The summed E-state index contributed by atoms with van der Waals surface area (Å²) in [5.41, 5.74) is 7.77. The van der Waals surface area contributed by atoms with Crippen molar-refractivity contribution in [2.75, 3.05) is 0 Å². The molecule has 0 saturated carbocycles. The normalized spacial score (nSPS) is 11.9. The number of hydrogen-bond acceptors (Lipinski definition) is 2. The van der Waals surface area contributed by atoms with Crippen LogP contribution in [0.1, 0.15) is 59.2 Å². The second-order valence-electron chi connectivity index (χ2n) is 8.52. The Bertz CT molecular complexity index is 1080. The van der Waals surface area contributed by atoms with E-state index in [1.807, 2.05) is 13.1 Å². The van der Waals surface area contributed by atoms with Crippen molar-refractivity contribution in [3.05, 3.63) is 82.2 Å². The number of nitrogens with zero attached hydrogens (tertiary/aromatic N) is 2. The molecule has 0 fully saturated rings. The molecule has 4 nitrogen and oxygen atoms in total. The predicted molar refractivity (Wildman–Crippen MR) is 119 cm³/mol. The van der Waals surface area contributed by atoms with Crippen molar-refractivity contribution < 1.29 is 9.90 Å². The lowest BCUT2D eigenvalue weighted by Gasteiger charge is -2.20. The Balaban J connectivity index is 1.92. The number of benzene rings is 2. The molecule has 1 heterocycles. The van der Waals surface area contributed by atoms with Crippen LogP contribution in [0.4, 0.5) is 5.69 Å². The van der Waals surface area contributed by atoms with Crippen LogP contribution in [0.5, 0.6) is 0 Å². The van der Waals surface area contributed by atoms with Gasteiger partial charge in [0.15, 0.2) is 0 Å². The topological polar surface area (TPSA) is 54.6 Å². The zero-order chi connectivity index (χ0) is 21.3. The van der Waals surface area contributed by atoms with Crippen LogP contribution < -0.4 is 0 Å². The molecule has 0 atom stereocenters. The average molecular weight is 389 g/mol. The van der Waals surface area contributed by atoms with E-state index in [1.165, 1.54) is 5.56 Å². The summed E-state index contributed by atoms with van der Waals surface area (Å²) >= 11 is 0. The minimum atomic E-state index is -0.926. The zero-order valence-corrected chi connectivity index (χ0v) is 17.9. The number of aromatic carboxylic acids is 1. The van der Waals surface area contributed by atoms with E-state index in [0.29, 0.717) is 0 Å². The van der Waals surface area contributed by atoms with Gasteiger partial charge in [-0.25, -0.2) is 4.79 Å². The molecule has 2 aromatic carbocycles. The largest absolute Gasteiger partial charge is 0.478 e. The summed E-state index contributed by atoms with van der Waals surface area (Å²) in [6, 6.07) is 15.8. The predicted octanol–water partition coefficient (Wildman–Crippen LogP) is 6.15. The lowest BCUT2D eigenvalue weighted by molar-refractivity contribution is 0.0697. The molecular formula is C25H28N2O2. The van der Waals surface area contributed by atoms with Crippen LogP contribution >= 0.6 is 0 Å². The number of carboxylic acid groups (broad SMARTS) is 1. The summed E-state index contributed by atoms with van der Waals surface area (Å²) in [7, 11) is 0. The Labute approximate surface area is 172 Å². The lowest BCUT2D eigenvalue weighted by atomic mass is 9.87. The van der Waals surface area contributed by atoms with Gasteiger partial charge in [-0.15, -0.1) is 0 Å². The van der Waals surface area contributed by atoms with Gasteiger partial charge >= 0.3 is 5.97 Å². The molecule has 0 radical (unpaired) electrons. The van der Waals surface area contributed by atoms with Crippen molar-refractivity contribution in [3.8, 4) is 5.69 Å². The molecule has 1 aromatic heterocycles. The Kier molecular flexibility index (Phi) is 5.47.